The molecule has 4 rings (SSSR count). The van der Waals surface area contributed by atoms with E-state index in [0.717, 1.165) is 69.9 Å². The summed E-state index contributed by atoms with van der Waals surface area (Å²) in [6, 6.07) is 0. The van der Waals surface area contributed by atoms with E-state index in [9.17, 15) is 4.79 Å². The number of hydrogen-bond donors (Lipinski definition) is 0. The van der Waals surface area contributed by atoms with E-state index in [-0.39, 0.29) is 11.3 Å². The van der Waals surface area contributed by atoms with Gasteiger partial charge in [-0.05, 0) is 51.0 Å². The van der Waals surface area contributed by atoms with Gasteiger partial charge in [-0.1, -0.05) is 0 Å². The summed E-state index contributed by atoms with van der Waals surface area (Å²) in [5.41, 5.74) is 3.95. The summed E-state index contributed by atoms with van der Waals surface area (Å²) < 4.78 is 5.60. The summed E-state index contributed by atoms with van der Waals surface area (Å²) in [6.07, 6.45) is 8.18. The lowest BCUT2D eigenvalue weighted by Crippen LogP contribution is -2.47. The van der Waals surface area contributed by atoms with Gasteiger partial charge in [0, 0.05) is 49.3 Å². The van der Waals surface area contributed by atoms with Crippen molar-refractivity contribution in [3.8, 4) is 0 Å². The van der Waals surface area contributed by atoms with Crippen LogP contribution < -0.4 is 0 Å². The van der Waals surface area contributed by atoms with Gasteiger partial charge in [-0.2, -0.15) is 0 Å². The first-order chi connectivity index (χ1) is 11.7. The lowest BCUT2D eigenvalue weighted by Gasteiger charge is -2.39. The van der Waals surface area contributed by atoms with Crippen LogP contribution in [-0.4, -0.2) is 47.1 Å². The van der Waals surface area contributed by atoms with Crippen molar-refractivity contribution in [1.29, 1.82) is 0 Å². The number of aryl methyl sites for hydroxylation is 2. The molecule has 3 heterocycles. The largest absolute Gasteiger partial charge is 0.381 e. The summed E-state index contributed by atoms with van der Waals surface area (Å²) in [7, 11) is 0. The molecule has 1 spiro atoms. The van der Waals surface area contributed by atoms with Gasteiger partial charge >= 0.3 is 0 Å². The second-order valence-electron chi connectivity index (χ2n) is 7.73. The van der Waals surface area contributed by atoms with Crippen LogP contribution >= 0.6 is 0 Å². The number of likely N-dealkylation sites (tertiary alicyclic amines) is 1. The van der Waals surface area contributed by atoms with E-state index >= 15 is 0 Å². The van der Waals surface area contributed by atoms with E-state index in [1.165, 1.54) is 24.1 Å². The fourth-order valence-electron chi connectivity index (χ4n) is 4.47. The van der Waals surface area contributed by atoms with Crippen LogP contribution in [0.5, 0.6) is 0 Å². The van der Waals surface area contributed by atoms with E-state index in [0.29, 0.717) is 6.42 Å². The highest BCUT2D eigenvalue weighted by atomic mass is 16.5. The van der Waals surface area contributed by atoms with Crippen LogP contribution in [0.1, 0.15) is 54.9 Å². The topological polar surface area (TPSA) is 55.3 Å². The fourth-order valence-corrected chi connectivity index (χ4v) is 4.47. The van der Waals surface area contributed by atoms with Gasteiger partial charge in [-0.15, -0.1) is 0 Å². The molecule has 5 nitrogen and oxygen atoms in total. The lowest BCUT2D eigenvalue weighted by atomic mass is 9.79. The summed E-state index contributed by atoms with van der Waals surface area (Å²) >= 11 is 0. The molecule has 1 unspecified atom stereocenters. The van der Waals surface area contributed by atoms with Crippen molar-refractivity contribution in [3.63, 3.8) is 0 Å². The van der Waals surface area contributed by atoms with Crippen LogP contribution in [0.15, 0.2) is 0 Å². The van der Waals surface area contributed by atoms with E-state index in [4.69, 9.17) is 14.7 Å². The molecule has 3 aliphatic rings. The quantitative estimate of drug-likeness (QED) is 0.853. The van der Waals surface area contributed by atoms with Gasteiger partial charge in [0.15, 0.2) is 0 Å². The Kier molecular flexibility index (Phi) is 4.29. The maximum Gasteiger partial charge on any atom is 0.222 e. The molecule has 2 aliphatic heterocycles. The van der Waals surface area contributed by atoms with E-state index in [2.05, 4.69) is 6.92 Å². The van der Waals surface area contributed by atoms with Gasteiger partial charge in [0.25, 0.3) is 0 Å². The number of amides is 1. The van der Waals surface area contributed by atoms with Gasteiger partial charge in [0.1, 0.15) is 5.82 Å². The molecular weight excluding hydrogens is 302 g/mol. The molecule has 1 atom stereocenters. The number of ether oxygens (including phenoxy) is 1. The maximum atomic E-state index is 12.3. The van der Waals surface area contributed by atoms with Crippen molar-refractivity contribution in [2.45, 2.75) is 58.3 Å². The third-order valence-electron chi connectivity index (χ3n) is 5.97. The Hall–Kier alpha value is -1.49. The Morgan fingerprint density at radius 1 is 1.17 bits per heavy atom. The zero-order valence-electron chi connectivity index (χ0n) is 14.6. The van der Waals surface area contributed by atoms with Crippen LogP contribution in [0.4, 0.5) is 0 Å². The van der Waals surface area contributed by atoms with E-state index in [1.54, 1.807) is 0 Å². The van der Waals surface area contributed by atoms with Crippen molar-refractivity contribution in [2.75, 3.05) is 26.3 Å². The Morgan fingerprint density at radius 3 is 2.88 bits per heavy atom. The van der Waals surface area contributed by atoms with Crippen LogP contribution in [0.2, 0.25) is 0 Å². The molecule has 2 fully saturated rings. The van der Waals surface area contributed by atoms with Crippen LogP contribution in [-0.2, 0) is 28.8 Å². The molecule has 0 radical (unpaired) electrons. The Bertz CT molecular complexity index is 638. The minimum absolute atomic E-state index is 0.209. The summed E-state index contributed by atoms with van der Waals surface area (Å²) in [5.74, 6) is 1.19. The number of aromatic nitrogens is 2. The highest BCUT2D eigenvalue weighted by Crippen LogP contribution is 2.38. The first kappa shape index (κ1) is 16.0. The molecule has 0 bridgehead atoms. The molecule has 130 valence electrons. The highest BCUT2D eigenvalue weighted by molar-refractivity contribution is 5.77. The van der Waals surface area contributed by atoms with Crippen molar-refractivity contribution in [3.05, 3.63) is 22.8 Å². The molecule has 1 aliphatic carbocycles. The van der Waals surface area contributed by atoms with Gasteiger partial charge in [-0.25, -0.2) is 9.97 Å². The molecule has 1 amide bonds. The van der Waals surface area contributed by atoms with E-state index in [1.807, 2.05) is 4.90 Å². The number of hydrogen-bond acceptors (Lipinski definition) is 4. The van der Waals surface area contributed by atoms with Gasteiger partial charge < -0.3 is 9.64 Å². The monoisotopic (exact) mass is 329 g/mol. The number of rotatable bonds is 3. The van der Waals surface area contributed by atoms with Crippen LogP contribution in [0, 0.1) is 12.3 Å². The molecule has 24 heavy (non-hydrogen) atoms. The molecule has 1 aromatic rings. The Balaban J connectivity index is 1.44. The maximum absolute atomic E-state index is 12.3. The summed E-state index contributed by atoms with van der Waals surface area (Å²) in [6.45, 7) is 5.33. The van der Waals surface area contributed by atoms with Gasteiger partial charge in [0.05, 0.1) is 6.61 Å². The minimum Gasteiger partial charge on any atom is -0.381 e. The number of nitrogens with zero attached hydrogens (tertiary/aromatic N) is 3. The van der Waals surface area contributed by atoms with Crippen molar-refractivity contribution in [2.24, 2.45) is 5.41 Å². The average Bonchev–Trinajstić information content (AvgIpc) is 3.04. The lowest BCUT2D eigenvalue weighted by molar-refractivity contribution is -0.137. The zero-order valence-corrected chi connectivity index (χ0v) is 14.6. The van der Waals surface area contributed by atoms with Crippen LogP contribution in [0.3, 0.4) is 0 Å². The molecule has 5 heteroatoms. The third kappa shape index (κ3) is 3.06. The first-order valence-corrected chi connectivity index (χ1v) is 9.36. The number of carbonyl (C=O) groups is 1. The van der Waals surface area contributed by atoms with Crippen molar-refractivity contribution in [1.82, 2.24) is 14.9 Å². The number of fused-ring (bicyclic) bond motifs is 1. The normalized spacial score (nSPS) is 26.9. The summed E-state index contributed by atoms with van der Waals surface area (Å²) in [4.78, 5) is 23.8. The fraction of sp³-hybridized carbons (Fsp3) is 0.737. The number of piperidine rings is 1. The predicted molar refractivity (Wildman–Crippen MR) is 90.8 cm³/mol. The first-order valence-electron chi connectivity index (χ1n) is 9.36. The number of carbonyl (C=O) groups excluding carboxylic acids is 1. The average molecular weight is 329 g/mol. The molecule has 2 saturated heterocycles. The minimum atomic E-state index is 0.209. The molecule has 0 aromatic carbocycles. The van der Waals surface area contributed by atoms with Gasteiger partial charge in [-0.3, -0.25) is 4.79 Å². The smallest absolute Gasteiger partial charge is 0.222 e. The zero-order chi connectivity index (χ0) is 16.6. The molecule has 1 aromatic heterocycles. The Labute approximate surface area is 143 Å². The molecular formula is C19H27N3O2. The standard InChI is InChI=1S/C19H27N3O2/c1-14-15-4-2-3-5-16(15)21-17(20-14)7-10-22-12-19(8-6-18(22)23)9-11-24-13-19/h2-13H2,1H3. The van der Waals surface area contributed by atoms with Crippen molar-refractivity contribution < 1.29 is 9.53 Å². The highest BCUT2D eigenvalue weighted by Gasteiger charge is 2.41. The van der Waals surface area contributed by atoms with Crippen LogP contribution in [0.25, 0.3) is 0 Å². The van der Waals surface area contributed by atoms with Crippen molar-refractivity contribution >= 4 is 5.91 Å². The van der Waals surface area contributed by atoms with Gasteiger partial charge in [0.2, 0.25) is 5.91 Å². The molecule has 0 saturated carbocycles. The molecule has 0 N–H and O–H groups in total. The summed E-state index contributed by atoms with van der Waals surface area (Å²) in [5, 5.41) is 0. The predicted octanol–water partition coefficient (Wildman–Crippen LogP) is 2.24. The Morgan fingerprint density at radius 2 is 2.04 bits per heavy atom. The SMILES string of the molecule is Cc1nc(CCN2CC3(CCOC3)CCC2=O)nc2c1CCCC2. The third-order valence-corrected chi connectivity index (χ3v) is 5.97. The second kappa shape index (κ2) is 6.43. The van der Waals surface area contributed by atoms with E-state index < -0.39 is 0 Å². The second-order valence-corrected chi connectivity index (χ2v) is 7.73.